The van der Waals surface area contributed by atoms with Gasteiger partial charge in [-0.15, -0.1) is 0 Å². The van der Waals surface area contributed by atoms with Gasteiger partial charge >= 0.3 is 24.3 Å². The monoisotopic (exact) mass is 594 g/mol. The van der Waals surface area contributed by atoms with Crippen molar-refractivity contribution in [1.82, 2.24) is 10.2 Å². The number of nitrogens with one attached hydrogen (secondary N) is 1. The average Bonchev–Trinajstić information content (AvgIpc) is 3.58. The fraction of sp³-hybridized carbons (Fsp3) is 0.607. The predicted molar refractivity (Wildman–Crippen MR) is 139 cm³/mol. The number of Topliss-reactive ketones (excluding diaryl/α,β-unsaturated/α-hetero) is 1. The van der Waals surface area contributed by atoms with Crippen LogP contribution >= 0.6 is 0 Å². The molecule has 0 amide bonds. The van der Waals surface area contributed by atoms with Gasteiger partial charge in [0.2, 0.25) is 0 Å². The molecular weight excluding hydrogens is 558 g/mol. The lowest BCUT2D eigenvalue weighted by atomic mass is 9.60. The van der Waals surface area contributed by atoms with Crippen molar-refractivity contribution in [3.8, 4) is 0 Å². The number of carbonyl (C=O) groups excluding carboxylic acids is 1. The third-order valence-corrected chi connectivity index (χ3v) is 7.24. The van der Waals surface area contributed by atoms with Crippen LogP contribution < -0.4 is 5.32 Å². The lowest BCUT2D eigenvalue weighted by Gasteiger charge is -2.59. The Morgan fingerprint density at radius 3 is 1.95 bits per heavy atom. The Hall–Kier alpha value is -2.93. The first-order chi connectivity index (χ1) is 19.0. The number of carboxylic acid groups (broad SMARTS) is 2. The quantitative estimate of drug-likeness (QED) is 0.322. The van der Waals surface area contributed by atoms with Gasteiger partial charge in [-0.05, 0) is 62.5 Å². The lowest BCUT2D eigenvalue weighted by Crippen LogP contribution is -2.66. The van der Waals surface area contributed by atoms with E-state index in [1.54, 1.807) is 12.5 Å². The molecule has 3 fully saturated rings. The van der Waals surface area contributed by atoms with E-state index in [0.717, 1.165) is 37.8 Å². The highest BCUT2D eigenvalue weighted by Gasteiger charge is 2.53. The molecule has 4 rings (SSSR count). The topological polar surface area (TPSA) is 107 Å². The Bertz CT molecular complexity index is 1040. The van der Waals surface area contributed by atoms with Crippen LogP contribution in [-0.4, -0.2) is 76.9 Å². The van der Waals surface area contributed by atoms with Crippen molar-refractivity contribution in [2.24, 2.45) is 11.3 Å². The summed E-state index contributed by atoms with van der Waals surface area (Å²) in [5.41, 5.74) is 3.54. The molecule has 41 heavy (non-hydrogen) atoms. The normalized spacial score (nSPS) is 21.8. The Morgan fingerprint density at radius 1 is 1.00 bits per heavy atom. The highest BCUT2D eigenvalue weighted by atomic mass is 19.4. The summed E-state index contributed by atoms with van der Waals surface area (Å²) < 4.78 is 63.5. The van der Waals surface area contributed by atoms with Gasteiger partial charge in [0, 0.05) is 31.6 Å². The van der Waals surface area contributed by atoms with Crippen molar-refractivity contribution < 1.29 is 50.9 Å². The van der Waals surface area contributed by atoms with Crippen LogP contribution in [-0.2, 0) is 14.4 Å². The average molecular weight is 595 g/mol. The van der Waals surface area contributed by atoms with Gasteiger partial charge in [-0.25, -0.2) is 9.59 Å². The van der Waals surface area contributed by atoms with E-state index in [4.69, 9.17) is 19.8 Å². The lowest BCUT2D eigenvalue weighted by molar-refractivity contribution is -0.193. The number of hydrogen-bond acceptors (Lipinski definition) is 5. The second kappa shape index (κ2) is 14.3. The molecule has 2 atom stereocenters. The summed E-state index contributed by atoms with van der Waals surface area (Å²) >= 11 is 0. The van der Waals surface area contributed by atoms with E-state index in [-0.39, 0.29) is 0 Å². The van der Waals surface area contributed by atoms with E-state index in [9.17, 15) is 31.1 Å². The molecule has 2 aliphatic carbocycles. The maximum Gasteiger partial charge on any atom is 0.490 e. The van der Waals surface area contributed by atoms with Crippen LogP contribution in [0, 0.1) is 11.3 Å². The smallest absolute Gasteiger partial charge is 0.475 e. The van der Waals surface area contributed by atoms with Crippen molar-refractivity contribution in [3.05, 3.63) is 41.5 Å². The molecule has 1 aromatic rings. The molecule has 0 radical (unpaired) electrons. The molecule has 0 unspecified atom stereocenters. The first-order valence-corrected chi connectivity index (χ1v) is 13.3. The number of aliphatic carboxylic acids is 2. The fourth-order valence-electron chi connectivity index (χ4n) is 5.30. The number of halogens is 6. The second-order valence-corrected chi connectivity index (χ2v) is 10.8. The number of carbonyl (C=O) groups is 3. The highest BCUT2D eigenvalue weighted by Crippen LogP contribution is 2.50. The van der Waals surface area contributed by atoms with E-state index in [1.165, 1.54) is 37.9 Å². The Labute approximate surface area is 234 Å². The number of hydrogen-bond donors (Lipinski definition) is 3. The number of nitrogens with zero attached hydrogens (tertiary/aromatic N) is 1. The fourth-order valence-corrected chi connectivity index (χ4v) is 5.30. The van der Waals surface area contributed by atoms with E-state index in [2.05, 4.69) is 53.5 Å². The van der Waals surface area contributed by atoms with Crippen molar-refractivity contribution in [2.45, 2.75) is 76.8 Å². The van der Waals surface area contributed by atoms with Crippen LogP contribution in [0.5, 0.6) is 0 Å². The molecule has 0 aromatic heterocycles. The zero-order valence-electron chi connectivity index (χ0n) is 22.9. The van der Waals surface area contributed by atoms with Crippen molar-refractivity contribution in [3.63, 3.8) is 0 Å². The van der Waals surface area contributed by atoms with Gasteiger partial charge in [-0.3, -0.25) is 0 Å². The van der Waals surface area contributed by atoms with Crippen LogP contribution in [0.3, 0.4) is 0 Å². The molecule has 1 spiro atoms. The molecule has 1 saturated heterocycles. The molecule has 1 heterocycles. The second-order valence-electron chi connectivity index (χ2n) is 10.8. The predicted octanol–water partition coefficient (Wildman–Crippen LogP) is 5.56. The highest BCUT2D eigenvalue weighted by molar-refractivity contribution is 5.75. The van der Waals surface area contributed by atoms with Crippen molar-refractivity contribution >= 4 is 23.8 Å². The molecular formula is C28H36F6N2O5. The van der Waals surface area contributed by atoms with E-state index >= 15 is 0 Å². The first-order valence-electron chi connectivity index (χ1n) is 13.3. The van der Waals surface area contributed by atoms with Gasteiger partial charge < -0.3 is 25.2 Å². The molecule has 0 bridgehead atoms. The SMILES string of the molecule is CC/C(=C\c1ccccc1)[C@@H]1C[C@H]1NC1CC2(C1)CN(CCCC(C)=O)C2.O=C(O)C(F)(F)F.O=C(O)C(F)(F)F. The molecule has 230 valence electrons. The number of rotatable bonds is 9. The summed E-state index contributed by atoms with van der Waals surface area (Å²) in [4.78, 5) is 31.4. The van der Waals surface area contributed by atoms with Gasteiger partial charge in [0.05, 0.1) is 0 Å². The summed E-state index contributed by atoms with van der Waals surface area (Å²) in [6.45, 7) is 7.60. The van der Waals surface area contributed by atoms with Crippen LogP contribution in [0.2, 0.25) is 0 Å². The van der Waals surface area contributed by atoms with Crippen LogP contribution in [0.4, 0.5) is 26.3 Å². The summed E-state index contributed by atoms with van der Waals surface area (Å²) in [7, 11) is 0. The minimum Gasteiger partial charge on any atom is -0.475 e. The molecule has 7 nitrogen and oxygen atoms in total. The minimum absolute atomic E-state index is 0.324. The minimum atomic E-state index is -5.08. The van der Waals surface area contributed by atoms with Crippen LogP contribution in [0.1, 0.15) is 57.9 Å². The Kier molecular flexibility index (Phi) is 12.0. The van der Waals surface area contributed by atoms with Crippen molar-refractivity contribution in [2.75, 3.05) is 19.6 Å². The van der Waals surface area contributed by atoms with E-state index < -0.39 is 24.3 Å². The number of ketones is 1. The van der Waals surface area contributed by atoms with Gasteiger partial charge in [0.15, 0.2) is 0 Å². The molecule has 3 N–H and O–H groups in total. The largest absolute Gasteiger partial charge is 0.490 e. The molecule has 1 aliphatic heterocycles. The summed E-state index contributed by atoms with van der Waals surface area (Å²) in [6.07, 6.45) is -0.821. The number of likely N-dealkylation sites (tertiary alicyclic amines) is 1. The standard InChI is InChI=1S/C24H34N2O.2C2HF3O2/c1-3-20(12-19-9-5-4-6-10-19)22-13-23(22)25-21-14-24(15-21)16-26(17-24)11-7-8-18(2)27;2*3-2(4,5)1(6)7/h4-6,9-10,12,21-23,25H,3,7-8,11,13-17H2,1-2H3;2*(H,6,7)/b20-12+;;/t22-,23+;;/m0../s1. The number of alkyl halides is 6. The maximum atomic E-state index is 11.0. The third kappa shape index (κ3) is 11.5. The molecule has 13 heteroatoms. The molecule has 3 aliphatic rings. The maximum absolute atomic E-state index is 11.0. The van der Waals surface area contributed by atoms with Gasteiger partial charge in [0.1, 0.15) is 5.78 Å². The van der Waals surface area contributed by atoms with Crippen molar-refractivity contribution in [1.29, 1.82) is 0 Å². The van der Waals surface area contributed by atoms with Crippen LogP contribution in [0.15, 0.2) is 35.9 Å². The zero-order chi connectivity index (χ0) is 31.0. The van der Waals surface area contributed by atoms with E-state index in [0.29, 0.717) is 17.2 Å². The van der Waals surface area contributed by atoms with Gasteiger partial charge in [-0.1, -0.05) is 48.9 Å². The van der Waals surface area contributed by atoms with Crippen LogP contribution in [0.25, 0.3) is 6.08 Å². The number of benzene rings is 1. The van der Waals surface area contributed by atoms with Gasteiger partial charge in [0.25, 0.3) is 0 Å². The molecule has 2 saturated carbocycles. The third-order valence-electron chi connectivity index (χ3n) is 7.24. The first kappa shape index (κ1) is 34.3. The number of carboxylic acids is 2. The zero-order valence-corrected chi connectivity index (χ0v) is 22.9. The summed E-state index contributed by atoms with van der Waals surface area (Å²) in [6, 6.07) is 12.2. The Morgan fingerprint density at radius 2 is 1.51 bits per heavy atom. The summed E-state index contributed by atoms with van der Waals surface area (Å²) in [5.74, 6) is -4.44. The summed E-state index contributed by atoms with van der Waals surface area (Å²) in [5, 5.41) is 18.2. The van der Waals surface area contributed by atoms with E-state index in [1.807, 2.05) is 0 Å². The van der Waals surface area contributed by atoms with Gasteiger partial charge in [-0.2, -0.15) is 26.3 Å². The molecule has 1 aromatic carbocycles. The Balaban J connectivity index is 0.000000349.